The van der Waals surface area contributed by atoms with Crippen LogP contribution in [0.5, 0.6) is 0 Å². The molecule has 3 rings (SSSR count). The van der Waals surface area contributed by atoms with Crippen molar-refractivity contribution in [2.75, 3.05) is 26.2 Å². The SMILES string of the molecule is CCC(=O)N1CCCN(C(C)c2ccc3ccccc3c2)CC1. The van der Waals surface area contributed by atoms with Crippen molar-refractivity contribution < 1.29 is 4.79 Å². The van der Waals surface area contributed by atoms with Crippen LogP contribution >= 0.6 is 0 Å². The third kappa shape index (κ3) is 3.56. The lowest BCUT2D eigenvalue weighted by atomic mass is 10.0. The lowest BCUT2D eigenvalue weighted by Gasteiger charge is -2.28. The van der Waals surface area contributed by atoms with Gasteiger partial charge in [-0.05, 0) is 35.7 Å². The maximum absolute atomic E-state index is 11.9. The summed E-state index contributed by atoms with van der Waals surface area (Å²) in [6.07, 6.45) is 1.67. The molecule has 3 nitrogen and oxygen atoms in total. The summed E-state index contributed by atoms with van der Waals surface area (Å²) in [5.41, 5.74) is 1.36. The van der Waals surface area contributed by atoms with Gasteiger partial charge in [-0.1, -0.05) is 43.3 Å². The quantitative estimate of drug-likeness (QED) is 0.860. The van der Waals surface area contributed by atoms with Gasteiger partial charge in [-0.15, -0.1) is 0 Å². The zero-order chi connectivity index (χ0) is 16.2. The van der Waals surface area contributed by atoms with E-state index in [0.717, 1.165) is 32.6 Å². The third-order valence-corrected chi connectivity index (χ3v) is 4.99. The van der Waals surface area contributed by atoms with Crippen LogP contribution in [-0.2, 0) is 4.79 Å². The Labute approximate surface area is 138 Å². The molecular weight excluding hydrogens is 284 g/mol. The molecule has 1 unspecified atom stereocenters. The molecule has 1 atom stereocenters. The molecule has 1 amide bonds. The van der Waals surface area contributed by atoms with Gasteiger partial charge in [-0.3, -0.25) is 9.69 Å². The molecule has 0 N–H and O–H groups in total. The van der Waals surface area contributed by atoms with Crippen molar-refractivity contribution >= 4 is 16.7 Å². The minimum atomic E-state index is 0.283. The first-order valence-corrected chi connectivity index (χ1v) is 8.69. The number of amides is 1. The Kier molecular flexibility index (Phi) is 4.97. The number of rotatable bonds is 3. The van der Waals surface area contributed by atoms with Crippen LogP contribution in [0.1, 0.15) is 38.3 Å². The van der Waals surface area contributed by atoms with Gasteiger partial charge in [-0.25, -0.2) is 0 Å². The minimum absolute atomic E-state index is 0.283. The smallest absolute Gasteiger partial charge is 0.222 e. The fourth-order valence-electron chi connectivity index (χ4n) is 3.48. The highest BCUT2D eigenvalue weighted by molar-refractivity contribution is 5.83. The molecule has 3 heteroatoms. The first-order chi connectivity index (χ1) is 11.2. The van der Waals surface area contributed by atoms with Crippen LogP contribution in [0.4, 0.5) is 0 Å². The Morgan fingerprint density at radius 3 is 2.61 bits per heavy atom. The highest BCUT2D eigenvalue weighted by atomic mass is 16.2. The van der Waals surface area contributed by atoms with Crippen molar-refractivity contribution in [1.82, 2.24) is 9.80 Å². The van der Waals surface area contributed by atoms with Gasteiger partial charge in [0.2, 0.25) is 5.91 Å². The standard InChI is InChI=1S/C20H26N2O/c1-3-20(23)22-12-6-11-21(13-14-22)16(2)18-10-9-17-7-4-5-8-19(17)15-18/h4-5,7-10,15-16H,3,6,11-14H2,1-2H3. The summed E-state index contributed by atoms with van der Waals surface area (Å²) in [5, 5.41) is 2.59. The number of hydrogen-bond acceptors (Lipinski definition) is 2. The Morgan fingerprint density at radius 2 is 1.83 bits per heavy atom. The highest BCUT2D eigenvalue weighted by Crippen LogP contribution is 2.25. The first-order valence-electron chi connectivity index (χ1n) is 8.69. The van der Waals surface area contributed by atoms with E-state index in [2.05, 4.69) is 54.3 Å². The van der Waals surface area contributed by atoms with Crippen LogP contribution in [-0.4, -0.2) is 41.9 Å². The molecule has 1 fully saturated rings. The molecular formula is C20H26N2O. The second-order valence-corrected chi connectivity index (χ2v) is 6.41. The average Bonchev–Trinajstić information content (AvgIpc) is 2.86. The summed E-state index contributed by atoms with van der Waals surface area (Å²) in [4.78, 5) is 16.4. The number of nitrogens with zero attached hydrogens (tertiary/aromatic N) is 2. The highest BCUT2D eigenvalue weighted by Gasteiger charge is 2.22. The molecule has 1 aliphatic rings. The normalized spacial score (nSPS) is 17.9. The Balaban J connectivity index is 1.73. The number of hydrogen-bond donors (Lipinski definition) is 0. The van der Waals surface area contributed by atoms with Gasteiger partial charge in [0.1, 0.15) is 0 Å². The molecule has 1 saturated heterocycles. The summed E-state index contributed by atoms with van der Waals surface area (Å²) in [7, 11) is 0. The van der Waals surface area contributed by atoms with Crippen molar-refractivity contribution in [2.24, 2.45) is 0 Å². The van der Waals surface area contributed by atoms with E-state index in [4.69, 9.17) is 0 Å². The Morgan fingerprint density at radius 1 is 1.04 bits per heavy atom. The second-order valence-electron chi connectivity index (χ2n) is 6.41. The van der Waals surface area contributed by atoms with Crippen LogP contribution in [0.15, 0.2) is 42.5 Å². The van der Waals surface area contributed by atoms with Gasteiger partial charge in [0.15, 0.2) is 0 Å². The van der Waals surface area contributed by atoms with Crippen molar-refractivity contribution in [3.8, 4) is 0 Å². The van der Waals surface area contributed by atoms with E-state index >= 15 is 0 Å². The van der Waals surface area contributed by atoms with E-state index in [1.165, 1.54) is 16.3 Å². The number of fused-ring (bicyclic) bond motifs is 1. The number of benzene rings is 2. The summed E-state index contributed by atoms with van der Waals surface area (Å²) in [5.74, 6) is 0.283. The minimum Gasteiger partial charge on any atom is -0.341 e. The molecule has 1 heterocycles. The van der Waals surface area contributed by atoms with Gasteiger partial charge < -0.3 is 4.90 Å². The van der Waals surface area contributed by atoms with Gasteiger partial charge in [0.25, 0.3) is 0 Å². The summed E-state index contributed by atoms with van der Waals surface area (Å²) in [6.45, 7) is 7.99. The average molecular weight is 310 g/mol. The maximum atomic E-state index is 11.9. The first kappa shape index (κ1) is 16.0. The van der Waals surface area contributed by atoms with Crippen molar-refractivity contribution in [1.29, 1.82) is 0 Å². The number of carbonyl (C=O) groups excluding carboxylic acids is 1. The van der Waals surface area contributed by atoms with E-state index in [0.29, 0.717) is 12.5 Å². The molecule has 2 aromatic carbocycles. The molecule has 0 aliphatic carbocycles. The fraction of sp³-hybridized carbons (Fsp3) is 0.450. The van der Waals surface area contributed by atoms with Crippen LogP contribution in [0, 0.1) is 0 Å². The van der Waals surface area contributed by atoms with E-state index in [1.54, 1.807) is 0 Å². The third-order valence-electron chi connectivity index (χ3n) is 4.99. The molecule has 0 saturated carbocycles. The van der Waals surface area contributed by atoms with E-state index in [9.17, 15) is 4.79 Å². The predicted molar refractivity (Wildman–Crippen MR) is 95.4 cm³/mol. The molecule has 0 bridgehead atoms. The molecule has 0 aromatic heterocycles. The van der Waals surface area contributed by atoms with Crippen molar-refractivity contribution in [3.05, 3.63) is 48.0 Å². The molecule has 0 radical (unpaired) electrons. The topological polar surface area (TPSA) is 23.6 Å². The second kappa shape index (κ2) is 7.14. The van der Waals surface area contributed by atoms with E-state index in [1.807, 2.05) is 11.8 Å². The lowest BCUT2D eigenvalue weighted by molar-refractivity contribution is -0.130. The van der Waals surface area contributed by atoms with E-state index in [-0.39, 0.29) is 5.91 Å². The van der Waals surface area contributed by atoms with Gasteiger partial charge in [0.05, 0.1) is 0 Å². The van der Waals surface area contributed by atoms with Crippen LogP contribution in [0.25, 0.3) is 10.8 Å². The van der Waals surface area contributed by atoms with Gasteiger partial charge in [0, 0.05) is 38.6 Å². The largest absolute Gasteiger partial charge is 0.341 e. The maximum Gasteiger partial charge on any atom is 0.222 e. The lowest BCUT2D eigenvalue weighted by Crippen LogP contribution is -2.35. The predicted octanol–water partition coefficient (Wildman–Crippen LogP) is 3.85. The summed E-state index contributed by atoms with van der Waals surface area (Å²) in [6, 6.07) is 15.7. The van der Waals surface area contributed by atoms with Crippen molar-refractivity contribution in [3.63, 3.8) is 0 Å². The monoisotopic (exact) mass is 310 g/mol. The molecule has 122 valence electrons. The van der Waals surface area contributed by atoms with Gasteiger partial charge in [-0.2, -0.15) is 0 Å². The van der Waals surface area contributed by atoms with Crippen LogP contribution < -0.4 is 0 Å². The molecule has 0 spiro atoms. The van der Waals surface area contributed by atoms with Gasteiger partial charge >= 0.3 is 0 Å². The van der Waals surface area contributed by atoms with E-state index < -0.39 is 0 Å². The molecule has 2 aromatic rings. The summed E-state index contributed by atoms with van der Waals surface area (Å²) < 4.78 is 0. The van der Waals surface area contributed by atoms with Crippen LogP contribution in [0.3, 0.4) is 0 Å². The molecule has 1 aliphatic heterocycles. The Hall–Kier alpha value is -1.87. The Bertz CT molecular complexity index is 682. The zero-order valence-electron chi connectivity index (χ0n) is 14.2. The van der Waals surface area contributed by atoms with Crippen molar-refractivity contribution in [2.45, 2.75) is 32.7 Å². The zero-order valence-corrected chi connectivity index (χ0v) is 14.2. The number of carbonyl (C=O) groups is 1. The van der Waals surface area contributed by atoms with Crippen LogP contribution in [0.2, 0.25) is 0 Å². The fourth-order valence-corrected chi connectivity index (χ4v) is 3.48. The molecule has 23 heavy (non-hydrogen) atoms. The summed E-state index contributed by atoms with van der Waals surface area (Å²) >= 11 is 0.